The number of hydrogen-bond acceptors (Lipinski definition) is 3. The first-order chi connectivity index (χ1) is 8.72. The van der Waals surface area contributed by atoms with Crippen molar-refractivity contribution in [2.24, 2.45) is 0 Å². The first-order valence-electron chi connectivity index (χ1n) is 5.60. The third kappa shape index (κ3) is 2.68. The lowest BCUT2D eigenvalue weighted by Crippen LogP contribution is -1.86. The predicted molar refractivity (Wildman–Crippen MR) is 74.2 cm³/mol. The van der Waals surface area contributed by atoms with Gasteiger partial charge >= 0.3 is 0 Å². The summed E-state index contributed by atoms with van der Waals surface area (Å²) in [6, 6.07) is 12.5. The van der Waals surface area contributed by atoms with Crippen LogP contribution in [0.1, 0.15) is 5.56 Å². The largest absolute Gasteiger partial charge is 0.507 e. The average Bonchev–Trinajstić information content (AvgIpc) is 2.36. The van der Waals surface area contributed by atoms with Gasteiger partial charge in [0.25, 0.3) is 0 Å². The summed E-state index contributed by atoms with van der Waals surface area (Å²) in [6.07, 6.45) is 2.48. The fourth-order valence-electron chi connectivity index (χ4n) is 1.66. The van der Waals surface area contributed by atoms with Crippen LogP contribution in [0.4, 0.5) is 0 Å². The van der Waals surface area contributed by atoms with Gasteiger partial charge in [-0.2, -0.15) is 0 Å². The smallest absolute Gasteiger partial charge is 0.129 e. The van der Waals surface area contributed by atoms with Gasteiger partial charge in [0.2, 0.25) is 0 Å². The van der Waals surface area contributed by atoms with Gasteiger partial charge in [0, 0.05) is 0 Å². The fourth-order valence-corrected chi connectivity index (χ4v) is 2.65. The summed E-state index contributed by atoms with van der Waals surface area (Å²) in [5, 5.41) is 19.7. The van der Waals surface area contributed by atoms with Crippen molar-refractivity contribution < 1.29 is 10.2 Å². The summed E-state index contributed by atoms with van der Waals surface area (Å²) in [5.74, 6) is 0.443. The first-order valence-corrected chi connectivity index (χ1v) is 6.41. The Balaban J connectivity index is 2.39. The van der Waals surface area contributed by atoms with Crippen molar-refractivity contribution in [3.8, 4) is 11.5 Å². The quantitative estimate of drug-likeness (QED) is 0.815. The molecule has 0 amide bonds. The topological polar surface area (TPSA) is 40.5 Å². The molecular formula is C15H14O2S. The molecule has 0 aromatic heterocycles. The van der Waals surface area contributed by atoms with Crippen LogP contribution in [-0.4, -0.2) is 10.2 Å². The number of benzene rings is 2. The Hall–Kier alpha value is -1.87. The molecule has 0 saturated heterocycles. The highest BCUT2D eigenvalue weighted by Gasteiger charge is 2.10. The fraction of sp³-hybridized carbons (Fsp3) is 0.0667. The van der Waals surface area contributed by atoms with Crippen molar-refractivity contribution in [2.45, 2.75) is 16.2 Å². The number of aromatic hydroxyl groups is 2. The van der Waals surface area contributed by atoms with Gasteiger partial charge in [0.15, 0.2) is 0 Å². The highest BCUT2D eigenvalue weighted by atomic mass is 32.2. The molecule has 2 aromatic carbocycles. The van der Waals surface area contributed by atoms with E-state index in [2.05, 4.69) is 6.58 Å². The van der Waals surface area contributed by atoms with Crippen LogP contribution in [0.2, 0.25) is 0 Å². The molecule has 18 heavy (non-hydrogen) atoms. The Morgan fingerprint density at radius 1 is 1.00 bits per heavy atom. The van der Waals surface area contributed by atoms with E-state index in [1.807, 2.05) is 24.3 Å². The third-order valence-corrected chi connectivity index (χ3v) is 3.76. The van der Waals surface area contributed by atoms with E-state index in [0.29, 0.717) is 6.42 Å². The van der Waals surface area contributed by atoms with Gasteiger partial charge in [-0.25, -0.2) is 0 Å². The second-order valence-corrected chi connectivity index (χ2v) is 4.88. The summed E-state index contributed by atoms with van der Waals surface area (Å²) >= 11 is 1.36. The van der Waals surface area contributed by atoms with E-state index in [0.717, 1.165) is 15.4 Å². The molecule has 2 nitrogen and oxygen atoms in total. The van der Waals surface area contributed by atoms with E-state index in [1.54, 1.807) is 24.3 Å². The van der Waals surface area contributed by atoms with Crippen LogP contribution in [-0.2, 0) is 6.42 Å². The van der Waals surface area contributed by atoms with Crippen LogP contribution in [0, 0.1) is 0 Å². The first kappa shape index (κ1) is 12.6. The molecule has 0 heterocycles. The Labute approximate surface area is 111 Å². The summed E-state index contributed by atoms with van der Waals surface area (Å²) in [4.78, 5) is 1.49. The maximum Gasteiger partial charge on any atom is 0.129 e. The van der Waals surface area contributed by atoms with Crippen molar-refractivity contribution in [1.29, 1.82) is 0 Å². The molecule has 0 unspecified atom stereocenters. The minimum absolute atomic E-state index is 0.218. The van der Waals surface area contributed by atoms with Gasteiger partial charge in [0.05, 0.1) is 9.79 Å². The van der Waals surface area contributed by atoms with E-state index < -0.39 is 0 Å². The molecular weight excluding hydrogens is 244 g/mol. The summed E-state index contributed by atoms with van der Waals surface area (Å²) < 4.78 is 0. The molecule has 0 aliphatic heterocycles. The van der Waals surface area contributed by atoms with Gasteiger partial charge < -0.3 is 10.2 Å². The molecule has 0 aliphatic carbocycles. The molecule has 0 fully saturated rings. The number of rotatable bonds is 4. The molecule has 0 bridgehead atoms. The Kier molecular flexibility index (Phi) is 3.95. The van der Waals surface area contributed by atoms with E-state index in [1.165, 1.54) is 11.8 Å². The van der Waals surface area contributed by atoms with Crippen molar-refractivity contribution in [2.75, 3.05) is 0 Å². The maximum absolute atomic E-state index is 9.93. The number of allylic oxidation sites excluding steroid dienone is 1. The Morgan fingerprint density at radius 3 is 2.44 bits per heavy atom. The van der Waals surface area contributed by atoms with Crippen LogP contribution in [0.3, 0.4) is 0 Å². The summed E-state index contributed by atoms with van der Waals surface area (Å²) in [5.41, 5.74) is 0.998. The van der Waals surface area contributed by atoms with E-state index in [4.69, 9.17) is 0 Å². The molecule has 0 aliphatic rings. The SMILES string of the molecule is C=CCc1cccc(O)c1Sc1ccccc1O. The monoisotopic (exact) mass is 258 g/mol. The van der Waals surface area contributed by atoms with E-state index >= 15 is 0 Å². The molecule has 0 atom stereocenters. The molecule has 92 valence electrons. The van der Waals surface area contributed by atoms with Crippen LogP contribution < -0.4 is 0 Å². The minimum Gasteiger partial charge on any atom is -0.507 e. The Morgan fingerprint density at radius 2 is 1.72 bits per heavy atom. The molecule has 2 rings (SSSR count). The number of hydrogen-bond donors (Lipinski definition) is 2. The van der Waals surface area contributed by atoms with Gasteiger partial charge in [-0.15, -0.1) is 6.58 Å². The maximum atomic E-state index is 9.93. The average molecular weight is 258 g/mol. The highest BCUT2D eigenvalue weighted by molar-refractivity contribution is 7.99. The van der Waals surface area contributed by atoms with Crippen molar-refractivity contribution in [3.05, 3.63) is 60.7 Å². The van der Waals surface area contributed by atoms with E-state index in [-0.39, 0.29) is 11.5 Å². The van der Waals surface area contributed by atoms with Gasteiger partial charge in [-0.1, -0.05) is 42.1 Å². The summed E-state index contributed by atoms with van der Waals surface area (Å²) in [7, 11) is 0. The van der Waals surface area contributed by atoms with Crippen LogP contribution in [0.5, 0.6) is 11.5 Å². The molecule has 3 heteroatoms. The lowest BCUT2D eigenvalue weighted by molar-refractivity contribution is 0.459. The molecule has 0 spiro atoms. The minimum atomic E-state index is 0.218. The second kappa shape index (κ2) is 5.65. The molecule has 2 N–H and O–H groups in total. The van der Waals surface area contributed by atoms with Crippen LogP contribution in [0.15, 0.2) is 64.9 Å². The van der Waals surface area contributed by atoms with Crippen LogP contribution >= 0.6 is 11.8 Å². The molecule has 0 radical (unpaired) electrons. The lowest BCUT2D eigenvalue weighted by Gasteiger charge is -2.10. The number of para-hydroxylation sites is 1. The van der Waals surface area contributed by atoms with Crippen molar-refractivity contribution >= 4 is 11.8 Å². The summed E-state index contributed by atoms with van der Waals surface area (Å²) in [6.45, 7) is 3.71. The lowest BCUT2D eigenvalue weighted by atomic mass is 10.1. The zero-order valence-corrected chi connectivity index (χ0v) is 10.7. The van der Waals surface area contributed by atoms with Crippen LogP contribution in [0.25, 0.3) is 0 Å². The zero-order valence-electron chi connectivity index (χ0n) is 9.84. The number of phenolic OH excluding ortho intramolecular Hbond substituents is 2. The third-order valence-electron chi connectivity index (χ3n) is 2.52. The van der Waals surface area contributed by atoms with E-state index in [9.17, 15) is 10.2 Å². The number of phenols is 2. The predicted octanol–water partition coefficient (Wildman–Crippen LogP) is 3.98. The highest BCUT2D eigenvalue weighted by Crippen LogP contribution is 2.40. The van der Waals surface area contributed by atoms with Crippen molar-refractivity contribution in [1.82, 2.24) is 0 Å². The zero-order chi connectivity index (χ0) is 13.0. The molecule has 2 aromatic rings. The van der Waals surface area contributed by atoms with Gasteiger partial charge in [-0.05, 0) is 30.2 Å². The normalized spacial score (nSPS) is 10.2. The molecule has 0 saturated carbocycles. The van der Waals surface area contributed by atoms with Gasteiger partial charge in [-0.3, -0.25) is 0 Å². The van der Waals surface area contributed by atoms with Crippen molar-refractivity contribution in [3.63, 3.8) is 0 Å². The standard InChI is InChI=1S/C15H14O2S/c1-2-6-11-7-5-9-13(17)15(11)18-14-10-4-3-8-12(14)16/h2-5,7-10,16-17H,1,6H2. The Bertz CT molecular complexity index is 564. The second-order valence-electron chi connectivity index (χ2n) is 3.83. The van der Waals surface area contributed by atoms with Gasteiger partial charge in [0.1, 0.15) is 11.5 Å².